The zero-order valence-electron chi connectivity index (χ0n) is 10.3. The summed E-state index contributed by atoms with van der Waals surface area (Å²) in [4.78, 5) is 14.6. The highest BCUT2D eigenvalue weighted by Gasteiger charge is 2.41. The number of nitrogens with zero attached hydrogens (tertiary/aromatic N) is 1. The molecule has 96 valence electrons. The summed E-state index contributed by atoms with van der Waals surface area (Å²) in [6, 6.07) is 0.313. The van der Waals surface area contributed by atoms with E-state index in [1.807, 2.05) is 11.8 Å². The first-order chi connectivity index (χ1) is 8.24. The van der Waals surface area contributed by atoms with Gasteiger partial charge in [-0.25, -0.2) is 4.79 Å². The van der Waals surface area contributed by atoms with Crippen LogP contribution < -0.4 is 5.32 Å². The molecule has 2 fully saturated rings. The Morgan fingerprint density at radius 1 is 1.53 bits per heavy atom. The molecule has 5 heteroatoms. The Balaban J connectivity index is 1.90. The van der Waals surface area contributed by atoms with E-state index in [2.05, 4.69) is 5.32 Å². The Hall–Kier alpha value is -0.680. The fourth-order valence-corrected chi connectivity index (χ4v) is 3.15. The molecule has 2 aliphatic rings. The minimum absolute atomic E-state index is 0.0188. The number of carbonyl (C=O) groups excluding carboxylic acids is 1. The van der Waals surface area contributed by atoms with Crippen LogP contribution in [0.2, 0.25) is 0 Å². The third-order valence-corrected chi connectivity index (χ3v) is 4.00. The third kappa shape index (κ3) is 2.77. The minimum atomic E-state index is -0.0188. The maximum Gasteiger partial charge on any atom is 0.322 e. The molecule has 2 amide bonds. The summed E-state index contributed by atoms with van der Waals surface area (Å²) in [6.45, 7) is 4.22. The first-order valence-corrected chi connectivity index (χ1v) is 6.84. The van der Waals surface area contributed by atoms with Crippen molar-refractivity contribution in [3.05, 3.63) is 0 Å². The van der Waals surface area contributed by atoms with Gasteiger partial charge >= 0.3 is 6.03 Å². The van der Waals surface area contributed by atoms with E-state index in [-0.39, 0.29) is 6.03 Å². The molecule has 0 spiro atoms. The molecule has 0 aromatic rings. The molecule has 1 aliphatic heterocycles. The van der Waals surface area contributed by atoms with Crippen LogP contribution in [0.15, 0.2) is 0 Å². The lowest BCUT2D eigenvalue weighted by Gasteiger charge is -2.38. The number of fused-ring (bicyclic) bond motifs is 1. The molecule has 1 saturated carbocycles. The van der Waals surface area contributed by atoms with Crippen molar-refractivity contribution in [3.8, 4) is 0 Å². The summed E-state index contributed by atoms with van der Waals surface area (Å²) in [6.07, 6.45) is 4.28. The second-order valence-corrected chi connectivity index (χ2v) is 5.08. The molecule has 2 atom stereocenters. The number of ether oxygens (including phenoxy) is 1. The Labute approximate surface area is 108 Å². The summed E-state index contributed by atoms with van der Waals surface area (Å²) in [5, 5.41) is 2.82. The van der Waals surface area contributed by atoms with Crippen LogP contribution in [0.25, 0.3) is 0 Å². The van der Waals surface area contributed by atoms with Gasteiger partial charge in [0.25, 0.3) is 0 Å². The molecule has 2 rings (SSSR count). The van der Waals surface area contributed by atoms with E-state index < -0.39 is 0 Å². The van der Waals surface area contributed by atoms with E-state index in [1.165, 1.54) is 6.42 Å². The van der Waals surface area contributed by atoms with Crippen LogP contribution in [-0.4, -0.2) is 41.7 Å². The van der Waals surface area contributed by atoms with Crippen LogP contribution in [0, 0.1) is 5.92 Å². The molecule has 0 aromatic heterocycles. The molecule has 1 heterocycles. The van der Waals surface area contributed by atoms with Gasteiger partial charge in [-0.1, -0.05) is 18.6 Å². The van der Waals surface area contributed by atoms with Gasteiger partial charge in [-0.2, -0.15) is 0 Å². The number of nitrogens with one attached hydrogen (secondary N) is 1. The van der Waals surface area contributed by atoms with Crippen molar-refractivity contribution in [1.82, 2.24) is 10.2 Å². The zero-order chi connectivity index (χ0) is 12.3. The summed E-state index contributed by atoms with van der Waals surface area (Å²) < 4.78 is 5.31. The van der Waals surface area contributed by atoms with E-state index >= 15 is 0 Å². The number of rotatable bonds is 5. The molecule has 1 N–H and O–H groups in total. The van der Waals surface area contributed by atoms with Crippen LogP contribution in [0.5, 0.6) is 0 Å². The summed E-state index contributed by atoms with van der Waals surface area (Å²) in [7, 11) is 0. The van der Waals surface area contributed by atoms with Crippen molar-refractivity contribution >= 4 is 23.2 Å². The van der Waals surface area contributed by atoms with Crippen molar-refractivity contribution in [1.29, 1.82) is 0 Å². The number of hydrogen-bond donors (Lipinski definition) is 1. The van der Waals surface area contributed by atoms with Crippen LogP contribution in [-0.2, 0) is 4.74 Å². The number of hydrogen-bond acceptors (Lipinski definition) is 3. The smallest absolute Gasteiger partial charge is 0.322 e. The highest BCUT2D eigenvalue weighted by atomic mass is 32.1. The van der Waals surface area contributed by atoms with Crippen molar-refractivity contribution in [3.63, 3.8) is 0 Å². The molecule has 1 saturated heterocycles. The number of thiocarbonyl (C=S) groups is 1. The monoisotopic (exact) mass is 256 g/mol. The van der Waals surface area contributed by atoms with Crippen LogP contribution in [0.1, 0.15) is 32.6 Å². The predicted molar refractivity (Wildman–Crippen MR) is 70.1 cm³/mol. The van der Waals surface area contributed by atoms with Crippen molar-refractivity contribution in [2.24, 2.45) is 5.92 Å². The molecule has 0 aromatic carbocycles. The van der Waals surface area contributed by atoms with Gasteiger partial charge in [0.05, 0.1) is 4.99 Å². The quantitative estimate of drug-likeness (QED) is 0.604. The summed E-state index contributed by atoms with van der Waals surface area (Å²) in [5.41, 5.74) is 0. The standard InChI is InChI=1S/C12H20N2O2S/c1-2-16-8-4-7-14-10-6-3-5-9(10)11(17)13-12(14)15/h9-10H,2-8H2,1H3,(H,13,15,17). The average molecular weight is 256 g/mol. The maximum atomic E-state index is 11.9. The maximum absolute atomic E-state index is 11.9. The summed E-state index contributed by atoms with van der Waals surface area (Å²) >= 11 is 5.24. The largest absolute Gasteiger partial charge is 0.382 e. The van der Waals surface area contributed by atoms with E-state index in [0.29, 0.717) is 12.0 Å². The highest BCUT2D eigenvalue weighted by Crippen LogP contribution is 2.33. The lowest BCUT2D eigenvalue weighted by atomic mass is 9.99. The van der Waals surface area contributed by atoms with Gasteiger partial charge in [0.2, 0.25) is 0 Å². The van der Waals surface area contributed by atoms with E-state index in [4.69, 9.17) is 17.0 Å². The van der Waals surface area contributed by atoms with Crippen molar-refractivity contribution in [2.45, 2.75) is 38.6 Å². The van der Waals surface area contributed by atoms with Crippen molar-refractivity contribution in [2.75, 3.05) is 19.8 Å². The van der Waals surface area contributed by atoms with Gasteiger partial charge < -0.3 is 15.0 Å². The van der Waals surface area contributed by atoms with Gasteiger partial charge in [0.1, 0.15) is 0 Å². The predicted octanol–water partition coefficient (Wildman–Crippen LogP) is 1.93. The molecular weight excluding hydrogens is 236 g/mol. The molecular formula is C12H20N2O2S. The molecule has 4 nitrogen and oxygen atoms in total. The van der Waals surface area contributed by atoms with Crippen LogP contribution in [0.4, 0.5) is 4.79 Å². The number of amides is 2. The molecule has 2 unspecified atom stereocenters. The fraction of sp³-hybridized carbons (Fsp3) is 0.833. The zero-order valence-corrected chi connectivity index (χ0v) is 11.1. The fourth-order valence-electron chi connectivity index (χ4n) is 2.79. The van der Waals surface area contributed by atoms with Gasteiger partial charge in [0, 0.05) is 31.7 Å². The molecule has 0 radical (unpaired) electrons. The lowest BCUT2D eigenvalue weighted by Crippen LogP contribution is -2.58. The molecule has 17 heavy (non-hydrogen) atoms. The topological polar surface area (TPSA) is 41.6 Å². The Kier molecular flexibility index (Phi) is 4.34. The Morgan fingerprint density at radius 2 is 2.35 bits per heavy atom. The van der Waals surface area contributed by atoms with Crippen LogP contribution >= 0.6 is 12.2 Å². The summed E-state index contributed by atoms with van der Waals surface area (Å²) in [5.74, 6) is 0.384. The Bertz CT molecular complexity index is 309. The normalized spacial score (nSPS) is 28.2. The first-order valence-electron chi connectivity index (χ1n) is 6.43. The first kappa shape index (κ1) is 12.8. The Morgan fingerprint density at radius 3 is 3.12 bits per heavy atom. The second-order valence-electron chi connectivity index (χ2n) is 4.64. The van der Waals surface area contributed by atoms with Gasteiger partial charge in [0.15, 0.2) is 0 Å². The molecule has 0 bridgehead atoms. The highest BCUT2D eigenvalue weighted by molar-refractivity contribution is 7.80. The van der Waals surface area contributed by atoms with Gasteiger partial charge in [-0.3, -0.25) is 0 Å². The minimum Gasteiger partial charge on any atom is -0.382 e. The van der Waals surface area contributed by atoms with Gasteiger partial charge in [-0.15, -0.1) is 0 Å². The van der Waals surface area contributed by atoms with Crippen LogP contribution in [0.3, 0.4) is 0 Å². The van der Waals surface area contributed by atoms with E-state index in [1.54, 1.807) is 0 Å². The van der Waals surface area contributed by atoms with Crippen molar-refractivity contribution < 1.29 is 9.53 Å². The lowest BCUT2D eigenvalue weighted by molar-refractivity contribution is 0.121. The average Bonchev–Trinajstić information content (AvgIpc) is 2.77. The SMILES string of the molecule is CCOCCCN1C(=O)NC(=S)C2CCCC21. The second kappa shape index (κ2) is 5.78. The molecule has 1 aliphatic carbocycles. The van der Waals surface area contributed by atoms with E-state index in [0.717, 1.165) is 44.0 Å². The third-order valence-electron chi connectivity index (χ3n) is 3.60. The van der Waals surface area contributed by atoms with Gasteiger partial charge in [-0.05, 0) is 26.2 Å². The van der Waals surface area contributed by atoms with E-state index in [9.17, 15) is 4.79 Å². The number of urea groups is 1. The number of carbonyl (C=O) groups is 1.